The molecule has 12 heavy (non-hydrogen) atoms. The fourth-order valence-corrected chi connectivity index (χ4v) is 1.52. The van der Waals surface area contributed by atoms with Crippen LogP contribution in [0, 0.1) is 5.92 Å². The summed E-state index contributed by atoms with van der Waals surface area (Å²) in [4.78, 5) is 2.21. The SMILES string of the molecule is C=C(C1CCCOC1)N(C)CC. The molecular formula is C10H19NO. The Morgan fingerprint density at radius 1 is 1.67 bits per heavy atom. The number of ether oxygens (including phenoxy) is 1. The first kappa shape index (κ1) is 9.59. The molecule has 0 spiro atoms. The minimum Gasteiger partial charge on any atom is -0.381 e. The molecule has 0 bridgehead atoms. The van der Waals surface area contributed by atoms with Gasteiger partial charge in [-0.25, -0.2) is 0 Å². The molecule has 0 saturated carbocycles. The van der Waals surface area contributed by atoms with Crippen molar-refractivity contribution >= 4 is 0 Å². The van der Waals surface area contributed by atoms with Gasteiger partial charge in [0, 0.05) is 31.8 Å². The van der Waals surface area contributed by atoms with Crippen molar-refractivity contribution < 1.29 is 4.74 Å². The van der Waals surface area contributed by atoms with Crippen LogP contribution in [0.1, 0.15) is 19.8 Å². The molecule has 2 nitrogen and oxygen atoms in total. The molecule has 70 valence electrons. The molecule has 0 aromatic rings. The molecule has 1 rings (SSSR count). The van der Waals surface area contributed by atoms with Gasteiger partial charge in [0.2, 0.25) is 0 Å². The molecule has 1 heterocycles. The van der Waals surface area contributed by atoms with E-state index in [4.69, 9.17) is 4.74 Å². The van der Waals surface area contributed by atoms with Crippen molar-refractivity contribution in [2.24, 2.45) is 5.92 Å². The molecule has 0 aromatic carbocycles. The summed E-state index contributed by atoms with van der Waals surface area (Å²) in [6.45, 7) is 9.07. The Bertz CT molecular complexity index is 150. The van der Waals surface area contributed by atoms with Gasteiger partial charge in [-0.1, -0.05) is 6.58 Å². The van der Waals surface area contributed by atoms with Crippen molar-refractivity contribution in [2.45, 2.75) is 19.8 Å². The van der Waals surface area contributed by atoms with Gasteiger partial charge in [0.1, 0.15) is 0 Å². The highest BCUT2D eigenvalue weighted by molar-refractivity contribution is 4.99. The van der Waals surface area contributed by atoms with Crippen molar-refractivity contribution in [3.05, 3.63) is 12.3 Å². The zero-order valence-electron chi connectivity index (χ0n) is 8.18. The van der Waals surface area contributed by atoms with Crippen LogP contribution in [-0.2, 0) is 4.74 Å². The highest BCUT2D eigenvalue weighted by Gasteiger charge is 2.18. The Hall–Kier alpha value is -0.500. The molecule has 0 aliphatic carbocycles. The van der Waals surface area contributed by atoms with Crippen LogP contribution in [0.15, 0.2) is 12.3 Å². The van der Waals surface area contributed by atoms with Crippen LogP contribution in [0.5, 0.6) is 0 Å². The fraction of sp³-hybridized carbons (Fsp3) is 0.800. The lowest BCUT2D eigenvalue weighted by Gasteiger charge is -2.30. The van der Waals surface area contributed by atoms with E-state index >= 15 is 0 Å². The van der Waals surface area contributed by atoms with Crippen LogP contribution < -0.4 is 0 Å². The molecule has 0 aromatic heterocycles. The van der Waals surface area contributed by atoms with Crippen LogP contribution in [-0.4, -0.2) is 31.7 Å². The smallest absolute Gasteiger partial charge is 0.0548 e. The number of rotatable bonds is 3. The summed E-state index contributed by atoms with van der Waals surface area (Å²) in [6, 6.07) is 0. The monoisotopic (exact) mass is 169 g/mol. The molecule has 1 unspecified atom stereocenters. The molecule has 2 heteroatoms. The summed E-state index contributed by atoms with van der Waals surface area (Å²) in [7, 11) is 2.09. The number of hydrogen-bond acceptors (Lipinski definition) is 2. The van der Waals surface area contributed by atoms with E-state index in [0.29, 0.717) is 5.92 Å². The lowest BCUT2D eigenvalue weighted by Crippen LogP contribution is -2.28. The standard InChI is InChI=1S/C10H19NO/c1-4-11(3)9(2)10-6-5-7-12-8-10/h10H,2,4-8H2,1,3H3. The first-order valence-electron chi connectivity index (χ1n) is 4.73. The number of nitrogens with zero attached hydrogens (tertiary/aromatic N) is 1. The summed E-state index contributed by atoms with van der Waals surface area (Å²) in [5.74, 6) is 0.559. The van der Waals surface area contributed by atoms with Gasteiger partial charge in [-0.15, -0.1) is 0 Å². The lowest BCUT2D eigenvalue weighted by molar-refractivity contribution is 0.0588. The third-order valence-corrected chi connectivity index (χ3v) is 2.60. The molecule has 1 saturated heterocycles. The minimum absolute atomic E-state index is 0.559. The van der Waals surface area contributed by atoms with Gasteiger partial charge >= 0.3 is 0 Å². The van der Waals surface area contributed by atoms with Gasteiger partial charge in [0.05, 0.1) is 6.61 Å². The van der Waals surface area contributed by atoms with Crippen molar-refractivity contribution in [3.63, 3.8) is 0 Å². The Labute approximate surface area is 75.2 Å². The predicted octanol–water partition coefficient (Wildman–Crippen LogP) is 1.88. The first-order valence-corrected chi connectivity index (χ1v) is 4.73. The second kappa shape index (κ2) is 4.51. The maximum absolute atomic E-state index is 5.41. The fourth-order valence-electron chi connectivity index (χ4n) is 1.52. The van der Waals surface area contributed by atoms with Gasteiger partial charge < -0.3 is 9.64 Å². The minimum atomic E-state index is 0.559. The van der Waals surface area contributed by atoms with E-state index in [9.17, 15) is 0 Å². The molecule has 1 fully saturated rings. The van der Waals surface area contributed by atoms with E-state index in [0.717, 1.165) is 19.8 Å². The molecular weight excluding hydrogens is 150 g/mol. The van der Waals surface area contributed by atoms with Gasteiger partial charge in [-0.3, -0.25) is 0 Å². The molecule has 0 amide bonds. The third-order valence-electron chi connectivity index (χ3n) is 2.60. The van der Waals surface area contributed by atoms with E-state index in [2.05, 4.69) is 25.5 Å². The quantitative estimate of drug-likeness (QED) is 0.639. The Kier molecular flexibility index (Phi) is 3.60. The topological polar surface area (TPSA) is 12.5 Å². The van der Waals surface area contributed by atoms with Gasteiger partial charge in [0.25, 0.3) is 0 Å². The van der Waals surface area contributed by atoms with Gasteiger partial charge in [-0.05, 0) is 19.8 Å². The average molecular weight is 169 g/mol. The summed E-state index contributed by atoms with van der Waals surface area (Å²) in [5.41, 5.74) is 1.23. The molecule has 1 aliphatic heterocycles. The van der Waals surface area contributed by atoms with Crippen molar-refractivity contribution in [2.75, 3.05) is 26.8 Å². The van der Waals surface area contributed by atoms with Crippen molar-refractivity contribution in [1.29, 1.82) is 0 Å². The van der Waals surface area contributed by atoms with Gasteiger partial charge in [-0.2, -0.15) is 0 Å². The summed E-state index contributed by atoms with van der Waals surface area (Å²) < 4.78 is 5.41. The summed E-state index contributed by atoms with van der Waals surface area (Å²) >= 11 is 0. The van der Waals surface area contributed by atoms with Crippen LogP contribution in [0.2, 0.25) is 0 Å². The van der Waals surface area contributed by atoms with Crippen LogP contribution >= 0.6 is 0 Å². The number of hydrogen-bond donors (Lipinski definition) is 0. The van der Waals surface area contributed by atoms with Crippen molar-refractivity contribution in [1.82, 2.24) is 4.90 Å². The molecule has 0 radical (unpaired) electrons. The molecule has 0 N–H and O–H groups in total. The maximum Gasteiger partial charge on any atom is 0.0548 e. The Balaban J connectivity index is 2.39. The largest absolute Gasteiger partial charge is 0.381 e. The summed E-state index contributed by atoms with van der Waals surface area (Å²) in [5, 5.41) is 0. The second-order valence-corrected chi connectivity index (χ2v) is 3.42. The zero-order chi connectivity index (χ0) is 8.97. The van der Waals surface area contributed by atoms with E-state index in [1.807, 2.05) is 0 Å². The molecule has 1 atom stereocenters. The van der Waals surface area contributed by atoms with Crippen molar-refractivity contribution in [3.8, 4) is 0 Å². The van der Waals surface area contributed by atoms with E-state index in [1.165, 1.54) is 18.5 Å². The Morgan fingerprint density at radius 3 is 2.92 bits per heavy atom. The highest BCUT2D eigenvalue weighted by Crippen LogP contribution is 2.22. The van der Waals surface area contributed by atoms with E-state index in [1.54, 1.807) is 0 Å². The molecule has 1 aliphatic rings. The zero-order valence-corrected chi connectivity index (χ0v) is 8.18. The Morgan fingerprint density at radius 2 is 2.42 bits per heavy atom. The summed E-state index contributed by atoms with van der Waals surface area (Å²) in [6.07, 6.45) is 2.42. The van der Waals surface area contributed by atoms with Crippen LogP contribution in [0.4, 0.5) is 0 Å². The second-order valence-electron chi connectivity index (χ2n) is 3.42. The lowest BCUT2D eigenvalue weighted by atomic mass is 9.98. The highest BCUT2D eigenvalue weighted by atomic mass is 16.5. The van der Waals surface area contributed by atoms with Crippen LogP contribution in [0.3, 0.4) is 0 Å². The van der Waals surface area contributed by atoms with Gasteiger partial charge in [0.15, 0.2) is 0 Å². The normalized spacial score (nSPS) is 23.7. The van der Waals surface area contributed by atoms with E-state index < -0.39 is 0 Å². The maximum atomic E-state index is 5.41. The predicted molar refractivity (Wildman–Crippen MR) is 51.0 cm³/mol. The van der Waals surface area contributed by atoms with E-state index in [-0.39, 0.29) is 0 Å². The average Bonchev–Trinajstić information content (AvgIpc) is 2.17. The third kappa shape index (κ3) is 2.24. The van der Waals surface area contributed by atoms with Crippen LogP contribution in [0.25, 0.3) is 0 Å². The first-order chi connectivity index (χ1) is 5.75.